The largest absolute Gasteiger partial charge is 0.492 e. The highest BCUT2D eigenvalue weighted by Crippen LogP contribution is 2.22. The molecule has 0 saturated carbocycles. The van der Waals surface area contributed by atoms with Gasteiger partial charge in [0.2, 0.25) is 0 Å². The number of pyridine rings is 1. The van der Waals surface area contributed by atoms with E-state index in [1.165, 1.54) is 0 Å². The summed E-state index contributed by atoms with van der Waals surface area (Å²) in [6, 6.07) is 10.1. The minimum atomic E-state index is 0.241. The summed E-state index contributed by atoms with van der Waals surface area (Å²) in [6.07, 6.45) is 5.14. The first kappa shape index (κ1) is 14.8. The Bertz CT molecular complexity index is 551. The number of fused-ring (bicyclic) bond motifs is 1. The molecule has 0 amide bonds. The molecule has 0 bridgehead atoms. The minimum Gasteiger partial charge on any atom is -0.492 e. The Balaban J connectivity index is 1.78. The third-order valence-corrected chi connectivity index (χ3v) is 3.63. The summed E-state index contributed by atoms with van der Waals surface area (Å²) in [5, 5.41) is 1.12. The van der Waals surface area contributed by atoms with Crippen LogP contribution in [0.25, 0.3) is 10.9 Å². The summed E-state index contributed by atoms with van der Waals surface area (Å²) in [6.45, 7) is 5.89. The predicted molar refractivity (Wildman–Crippen MR) is 83.9 cm³/mol. The molecule has 0 spiro atoms. The predicted octanol–water partition coefficient (Wildman–Crippen LogP) is 3.77. The molecule has 1 aromatic carbocycles. The second-order valence-corrected chi connectivity index (χ2v) is 6.04. The van der Waals surface area contributed by atoms with Gasteiger partial charge in [-0.3, -0.25) is 4.98 Å². The van der Waals surface area contributed by atoms with E-state index < -0.39 is 0 Å². The first-order valence-electron chi connectivity index (χ1n) is 7.28. The van der Waals surface area contributed by atoms with Crippen molar-refractivity contribution in [2.45, 2.75) is 33.1 Å². The number of nitrogens with zero attached hydrogens (tertiary/aromatic N) is 1. The second-order valence-electron chi connectivity index (χ2n) is 6.04. The van der Waals surface area contributed by atoms with Gasteiger partial charge >= 0.3 is 0 Å². The van der Waals surface area contributed by atoms with Gasteiger partial charge in [-0.1, -0.05) is 32.0 Å². The van der Waals surface area contributed by atoms with Crippen molar-refractivity contribution in [3.05, 3.63) is 36.5 Å². The summed E-state index contributed by atoms with van der Waals surface area (Å²) in [7, 11) is 0. The molecule has 0 atom stereocenters. The number of unbranched alkanes of at least 4 members (excludes halogenated alkanes) is 1. The zero-order chi connectivity index (χ0) is 14.4. The van der Waals surface area contributed by atoms with E-state index in [0.29, 0.717) is 0 Å². The standard InChI is InChI=1S/C17H24N2O/c1-17(2,13-18)9-5-6-10-20-15-11-14-7-3-4-8-16(14)19-12-15/h3-4,7-8,11-12H,5-6,9-10,13,18H2,1-2H3. The van der Waals surface area contributed by atoms with Crippen molar-refractivity contribution >= 4 is 10.9 Å². The van der Waals surface area contributed by atoms with Gasteiger partial charge in [0.25, 0.3) is 0 Å². The molecule has 0 aliphatic rings. The highest BCUT2D eigenvalue weighted by Gasteiger charge is 2.14. The lowest BCUT2D eigenvalue weighted by Crippen LogP contribution is -2.23. The lowest BCUT2D eigenvalue weighted by atomic mass is 9.87. The van der Waals surface area contributed by atoms with Gasteiger partial charge in [0.1, 0.15) is 5.75 Å². The molecule has 2 N–H and O–H groups in total. The van der Waals surface area contributed by atoms with Crippen LogP contribution in [0.5, 0.6) is 5.75 Å². The topological polar surface area (TPSA) is 48.1 Å². The van der Waals surface area contributed by atoms with Crippen LogP contribution in [0.2, 0.25) is 0 Å². The number of rotatable bonds is 7. The number of hydrogen-bond acceptors (Lipinski definition) is 3. The fourth-order valence-corrected chi connectivity index (χ4v) is 2.13. The maximum Gasteiger partial charge on any atom is 0.138 e. The van der Waals surface area contributed by atoms with E-state index in [4.69, 9.17) is 10.5 Å². The first-order valence-corrected chi connectivity index (χ1v) is 7.28. The van der Waals surface area contributed by atoms with Crippen LogP contribution in [0, 0.1) is 5.41 Å². The number of hydrogen-bond donors (Lipinski definition) is 1. The van der Waals surface area contributed by atoms with Crippen LogP contribution >= 0.6 is 0 Å². The molecular formula is C17H24N2O. The SMILES string of the molecule is CC(C)(CN)CCCCOc1cnc2ccccc2c1. The maximum atomic E-state index is 5.77. The lowest BCUT2D eigenvalue weighted by Gasteiger charge is -2.21. The zero-order valence-corrected chi connectivity index (χ0v) is 12.4. The van der Waals surface area contributed by atoms with Crippen molar-refractivity contribution in [1.82, 2.24) is 4.98 Å². The van der Waals surface area contributed by atoms with Gasteiger partial charge in [-0.15, -0.1) is 0 Å². The Hall–Kier alpha value is -1.61. The third-order valence-electron chi connectivity index (χ3n) is 3.63. The molecule has 20 heavy (non-hydrogen) atoms. The highest BCUT2D eigenvalue weighted by atomic mass is 16.5. The summed E-state index contributed by atoms with van der Waals surface area (Å²) >= 11 is 0. The molecule has 0 aliphatic carbocycles. The number of ether oxygens (including phenoxy) is 1. The quantitative estimate of drug-likeness (QED) is 0.780. The van der Waals surface area contributed by atoms with Crippen LogP contribution in [-0.4, -0.2) is 18.1 Å². The summed E-state index contributed by atoms with van der Waals surface area (Å²) in [5.74, 6) is 0.849. The number of para-hydroxylation sites is 1. The van der Waals surface area contributed by atoms with Gasteiger partial charge in [0.15, 0.2) is 0 Å². The molecule has 2 rings (SSSR count). The van der Waals surface area contributed by atoms with Crippen molar-refractivity contribution in [3.8, 4) is 5.75 Å². The fraction of sp³-hybridized carbons (Fsp3) is 0.471. The average molecular weight is 272 g/mol. The number of nitrogens with two attached hydrogens (primary N) is 1. The van der Waals surface area contributed by atoms with E-state index in [0.717, 1.165) is 49.1 Å². The minimum absolute atomic E-state index is 0.241. The van der Waals surface area contributed by atoms with E-state index >= 15 is 0 Å². The van der Waals surface area contributed by atoms with E-state index in [9.17, 15) is 0 Å². The van der Waals surface area contributed by atoms with E-state index in [2.05, 4.69) is 24.9 Å². The Labute approximate surface area is 121 Å². The first-order chi connectivity index (χ1) is 9.61. The molecule has 1 heterocycles. The van der Waals surface area contributed by atoms with E-state index in [1.54, 1.807) is 6.20 Å². The Morgan fingerprint density at radius 3 is 2.80 bits per heavy atom. The van der Waals surface area contributed by atoms with Crippen molar-refractivity contribution in [1.29, 1.82) is 0 Å². The van der Waals surface area contributed by atoms with Crippen LogP contribution in [0.3, 0.4) is 0 Å². The summed E-state index contributed by atoms with van der Waals surface area (Å²) < 4.78 is 5.77. The molecule has 1 aromatic heterocycles. The molecule has 0 aliphatic heterocycles. The van der Waals surface area contributed by atoms with Gasteiger partial charge < -0.3 is 10.5 Å². The lowest BCUT2D eigenvalue weighted by molar-refractivity contribution is 0.278. The smallest absolute Gasteiger partial charge is 0.138 e. The van der Waals surface area contributed by atoms with Gasteiger partial charge in [0.05, 0.1) is 18.3 Å². The van der Waals surface area contributed by atoms with Crippen LogP contribution in [-0.2, 0) is 0 Å². The Kier molecular flexibility index (Phi) is 4.96. The van der Waals surface area contributed by atoms with Crippen molar-refractivity contribution in [2.75, 3.05) is 13.2 Å². The highest BCUT2D eigenvalue weighted by molar-refractivity contribution is 5.79. The van der Waals surface area contributed by atoms with Gasteiger partial charge in [-0.05, 0) is 43.4 Å². The summed E-state index contributed by atoms with van der Waals surface area (Å²) in [4.78, 5) is 4.39. The van der Waals surface area contributed by atoms with E-state index in [1.807, 2.05) is 24.3 Å². The second kappa shape index (κ2) is 6.71. The molecule has 108 valence electrons. The van der Waals surface area contributed by atoms with Gasteiger partial charge in [-0.25, -0.2) is 0 Å². The number of benzene rings is 1. The van der Waals surface area contributed by atoms with Crippen molar-refractivity contribution in [3.63, 3.8) is 0 Å². The van der Waals surface area contributed by atoms with Crippen LogP contribution in [0.15, 0.2) is 36.5 Å². The van der Waals surface area contributed by atoms with Crippen molar-refractivity contribution in [2.24, 2.45) is 11.1 Å². The molecule has 0 fully saturated rings. The summed E-state index contributed by atoms with van der Waals surface area (Å²) in [5.41, 5.74) is 6.97. The van der Waals surface area contributed by atoms with Gasteiger partial charge in [-0.2, -0.15) is 0 Å². The molecule has 0 radical (unpaired) electrons. The molecule has 3 nitrogen and oxygen atoms in total. The number of aromatic nitrogens is 1. The monoisotopic (exact) mass is 272 g/mol. The Morgan fingerprint density at radius 1 is 1.20 bits per heavy atom. The van der Waals surface area contributed by atoms with Crippen LogP contribution in [0.4, 0.5) is 0 Å². The molecule has 3 heteroatoms. The normalized spacial score (nSPS) is 11.8. The maximum absolute atomic E-state index is 5.77. The Morgan fingerprint density at radius 2 is 2.00 bits per heavy atom. The molecule has 0 saturated heterocycles. The molecular weight excluding hydrogens is 248 g/mol. The third kappa shape index (κ3) is 4.20. The van der Waals surface area contributed by atoms with Crippen LogP contribution in [0.1, 0.15) is 33.1 Å². The van der Waals surface area contributed by atoms with Gasteiger partial charge in [0, 0.05) is 5.39 Å². The van der Waals surface area contributed by atoms with E-state index in [-0.39, 0.29) is 5.41 Å². The van der Waals surface area contributed by atoms with Crippen LogP contribution < -0.4 is 10.5 Å². The fourth-order valence-electron chi connectivity index (χ4n) is 2.13. The molecule has 2 aromatic rings. The molecule has 0 unspecified atom stereocenters. The van der Waals surface area contributed by atoms with Crippen molar-refractivity contribution < 1.29 is 4.74 Å². The average Bonchev–Trinajstić information content (AvgIpc) is 2.46. The zero-order valence-electron chi connectivity index (χ0n) is 12.4.